The molecule has 0 amide bonds. The van der Waals surface area contributed by atoms with Crippen LogP contribution in [0.3, 0.4) is 0 Å². The molecule has 1 aromatic rings. The Morgan fingerprint density at radius 3 is 2.76 bits per heavy atom. The summed E-state index contributed by atoms with van der Waals surface area (Å²) in [6.07, 6.45) is 7.06. The van der Waals surface area contributed by atoms with E-state index in [1.54, 1.807) is 7.11 Å². The standard InChI is InChI=1S/C18H28N2O/c1-14-12-19-18(15-7-4-3-5-8-15)13-20(14)16-9-6-10-17(11-16)21-2/h6,9-11,14-15,18-19H,3-5,7-8,12-13H2,1-2H3. The fraction of sp³-hybridized carbons (Fsp3) is 0.667. The SMILES string of the molecule is COc1cccc(N2CC(C3CCCCC3)NCC2C)c1. The van der Waals surface area contributed by atoms with E-state index in [9.17, 15) is 0 Å². The minimum absolute atomic E-state index is 0.539. The minimum Gasteiger partial charge on any atom is -0.497 e. The normalized spacial score (nSPS) is 27.6. The largest absolute Gasteiger partial charge is 0.497 e. The topological polar surface area (TPSA) is 24.5 Å². The van der Waals surface area contributed by atoms with Gasteiger partial charge in [0.2, 0.25) is 0 Å². The molecule has 21 heavy (non-hydrogen) atoms. The highest BCUT2D eigenvalue weighted by Gasteiger charge is 2.31. The van der Waals surface area contributed by atoms with Gasteiger partial charge in [-0.2, -0.15) is 0 Å². The van der Waals surface area contributed by atoms with E-state index in [1.807, 2.05) is 6.07 Å². The Morgan fingerprint density at radius 1 is 1.19 bits per heavy atom. The molecule has 1 saturated heterocycles. The first kappa shape index (κ1) is 14.7. The fourth-order valence-corrected chi connectivity index (χ4v) is 3.89. The number of nitrogens with zero attached hydrogens (tertiary/aromatic N) is 1. The summed E-state index contributed by atoms with van der Waals surface area (Å²) in [5, 5.41) is 3.79. The van der Waals surface area contributed by atoms with E-state index in [0.717, 1.165) is 24.8 Å². The lowest BCUT2D eigenvalue weighted by molar-refractivity contribution is 0.245. The third-order valence-electron chi connectivity index (χ3n) is 5.20. The smallest absolute Gasteiger partial charge is 0.120 e. The van der Waals surface area contributed by atoms with Gasteiger partial charge in [-0.1, -0.05) is 25.3 Å². The zero-order chi connectivity index (χ0) is 14.7. The molecule has 0 aromatic heterocycles. The van der Waals surface area contributed by atoms with E-state index in [0.29, 0.717) is 12.1 Å². The molecule has 1 heterocycles. The van der Waals surface area contributed by atoms with E-state index in [4.69, 9.17) is 4.74 Å². The average Bonchev–Trinajstić information content (AvgIpc) is 2.56. The van der Waals surface area contributed by atoms with Crippen LogP contribution >= 0.6 is 0 Å². The van der Waals surface area contributed by atoms with E-state index in [-0.39, 0.29) is 0 Å². The van der Waals surface area contributed by atoms with Gasteiger partial charge in [-0.25, -0.2) is 0 Å². The first-order valence-corrected chi connectivity index (χ1v) is 8.42. The van der Waals surface area contributed by atoms with Gasteiger partial charge in [-0.15, -0.1) is 0 Å². The van der Waals surface area contributed by atoms with Gasteiger partial charge in [0.1, 0.15) is 5.75 Å². The summed E-state index contributed by atoms with van der Waals surface area (Å²) in [7, 11) is 1.74. The van der Waals surface area contributed by atoms with Crippen LogP contribution in [0.4, 0.5) is 5.69 Å². The highest BCUT2D eigenvalue weighted by Crippen LogP contribution is 2.31. The molecule has 1 aromatic carbocycles. The Balaban J connectivity index is 1.73. The molecule has 1 aliphatic heterocycles. The molecular formula is C18H28N2O. The molecule has 3 rings (SSSR count). The molecule has 0 bridgehead atoms. The second-order valence-corrected chi connectivity index (χ2v) is 6.62. The van der Waals surface area contributed by atoms with Gasteiger partial charge in [-0.3, -0.25) is 0 Å². The number of rotatable bonds is 3. The van der Waals surface area contributed by atoms with Crippen molar-refractivity contribution in [3.63, 3.8) is 0 Å². The van der Waals surface area contributed by atoms with Crippen molar-refractivity contribution >= 4 is 5.69 Å². The van der Waals surface area contributed by atoms with Gasteiger partial charge < -0.3 is 15.0 Å². The molecule has 0 spiro atoms. The van der Waals surface area contributed by atoms with Crippen molar-refractivity contribution in [2.24, 2.45) is 5.92 Å². The Bertz CT molecular complexity index is 456. The first-order valence-electron chi connectivity index (χ1n) is 8.42. The molecule has 116 valence electrons. The lowest BCUT2D eigenvalue weighted by atomic mass is 9.82. The van der Waals surface area contributed by atoms with E-state index >= 15 is 0 Å². The Hall–Kier alpha value is -1.22. The Morgan fingerprint density at radius 2 is 2.00 bits per heavy atom. The second kappa shape index (κ2) is 6.69. The quantitative estimate of drug-likeness (QED) is 0.922. The monoisotopic (exact) mass is 288 g/mol. The van der Waals surface area contributed by atoms with Crippen molar-refractivity contribution in [3.05, 3.63) is 24.3 Å². The molecule has 2 aliphatic rings. The van der Waals surface area contributed by atoms with Crippen molar-refractivity contribution in [2.75, 3.05) is 25.1 Å². The summed E-state index contributed by atoms with van der Waals surface area (Å²) in [6.45, 7) is 4.51. The number of ether oxygens (including phenoxy) is 1. The van der Waals surface area contributed by atoms with Gasteiger partial charge in [0.25, 0.3) is 0 Å². The van der Waals surface area contributed by atoms with Crippen LogP contribution in [0.1, 0.15) is 39.0 Å². The summed E-state index contributed by atoms with van der Waals surface area (Å²) >= 11 is 0. The van der Waals surface area contributed by atoms with Gasteiger partial charge >= 0.3 is 0 Å². The molecule has 2 fully saturated rings. The molecule has 1 saturated carbocycles. The number of hydrogen-bond acceptors (Lipinski definition) is 3. The predicted molar refractivity (Wildman–Crippen MR) is 88.2 cm³/mol. The van der Waals surface area contributed by atoms with Crippen LogP contribution in [0, 0.1) is 5.92 Å². The van der Waals surface area contributed by atoms with E-state index in [2.05, 4.69) is 35.3 Å². The summed E-state index contributed by atoms with van der Waals surface area (Å²) in [5.41, 5.74) is 1.30. The average molecular weight is 288 g/mol. The van der Waals surface area contributed by atoms with Crippen molar-refractivity contribution < 1.29 is 4.74 Å². The third kappa shape index (κ3) is 3.34. The molecule has 1 N–H and O–H groups in total. The van der Waals surface area contributed by atoms with Crippen molar-refractivity contribution in [3.8, 4) is 5.75 Å². The number of methoxy groups -OCH3 is 1. The van der Waals surface area contributed by atoms with Crippen molar-refractivity contribution in [1.29, 1.82) is 0 Å². The van der Waals surface area contributed by atoms with Crippen LogP contribution in [-0.2, 0) is 0 Å². The van der Waals surface area contributed by atoms with Crippen molar-refractivity contribution in [1.82, 2.24) is 5.32 Å². The van der Waals surface area contributed by atoms with Crippen LogP contribution in [-0.4, -0.2) is 32.3 Å². The summed E-state index contributed by atoms with van der Waals surface area (Å²) in [4.78, 5) is 2.55. The first-order chi connectivity index (χ1) is 10.3. The number of anilines is 1. The summed E-state index contributed by atoms with van der Waals surface area (Å²) < 4.78 is 5.38. The molecule has 3 nitrogen and oxygen atoms in total. The maximum Gasteiger partial charge on any atom is 0.120 e. The van der Waals surface area contributed by atoms with Crippen LogP contribution in [0.5, 0.6) is 5.75 Å². The molecule has 2 unspecified atom stereocenters. The maximum atomic E-state index is 5.38. The van der Waals surface area contributed by atoms with Crippen molar-refractivity contribution in [2.45, 2.75) is 51.1 Å². The van der Waals surface area contributed by atoms with Gasteiger partial charge in [0, 0.05) is 36.9 Å². The van der Waals surface area contributed by atoms with Crippen LogP contribution in [0.25, 0.3) is 0 Å². The number of nitrogens with one attached hydrogen (secondary N) is 1. The fourth-order valence-electron chi connectivity index (χ4n) is 3.89. The van der Waals surface area contributed by atoms with Gasteiger partial charge in [-0.05, 0) is 37.8 Å². The number of piperazine rings is 1. The molecule has 3 heteroatoms. The number of benzene rings is 1. The highest BCUT2D eigenvalue weighted by molar-refractivity contribution is 5.52. The zero-order valence-corrected chi connectivity index (χ0v) is 13.3. The molecule has 0 radical (unpaired) electrons. The van der Waals surface area contributed by atoms with Gasteiger partial charge in [0.05, 0.1) is 7.11 Å². The molecular weight excluding hydrogens is 260 g/mol. The summed E-state index contributed by atoms with van der Waals surface area (Å²) in [6, 6.07) is 9.68. The lowest BCUT2D eigenvalue weighted by Crippen LogP contribution is -2.58. The second-order valence-electron chi connectivity index (χ2n) is 6.62. The van der Waals surface area contributed by atoms with Crippen LogP contribution < -0.4 is 15.0 Å². The van der Waals surface area contributed by atoms with E-state index < -0.39 is 0 Å². The maximum absolute atomic E-state index is 5.38. The van der Waals surface area contributed by atoms with Crippen LogP contribution in [0.2, 0.25) is 0 Å². The summed E-state index contributed by atoms with van der Waals surface area (Å²) in [5.74, 6) is 1.81. The number of hydrogen-bond donors (Lipinski definition) is 1. The highest BCUT2D eigenvalue weighted by atomic mass is 16.5. The van der Waals surface area contributed by atoms with Gasteiger partial charge in [0.15, 0.2) is 0 Å². The minimum atomic E-state index is 0.539. The zero-order valence-electron chi connectivity index (χ0n) is 13.3. The predicted octanol–water partition coefficient (Wildman–Crippen LogP) is 3.44. The van der Waals surface area contributed by atoms with E-state index in [1.165, 1.54) is 37.8 Å². The molecule has 2 atom stereocenters. The van der Waals surface area contributed by atoms with Crippen LogP contribution in [0.15, 0.2) is 24.3 Å². The Kier molecular flexibility index (Phi) is 4.69. The molecule has 1 aliphatic carbocycles. The third-order valence-corrected chi connectivity index (χ3v) is 5.20. The Labute approximate surface area is 128 Å². The lowest BCUT2D eigenvalue weighted by Gasteiger charge is -2.44.